The van der Waals surface area contributed by atoms with Crippen LogP contribution in [0.2, 0.25) is 0 Å². The Morgan fingerprint density at radius 3 is 2.61 bits per heavy atom. The highest BCUT2D eigenvalue weighted by atomic mass is 16.5. The summed E-state index contributed by atoms with van der Waals surface area (Å²) in [5, 5.41) is 3.60. The predicted molar refractivity (Wildman–Crippen MR) is 75.8 cm³/mol. The monoisotopic (exact) mass is 247 g/mol. The smallest absolute Gasteiger partial charge is 0.0702 e. The summed E-state index contributed by atoms with van der Waals surface area (Å²) in [7, 11) is 0. The fourth-order valence-corrected chi connectivity index (χ4v) is 2.96. The maximum atomic E-state index is 5.78. The summed E-state index contributed by atoms with van der Waals surface area (Å²) in [6, 6.07) is 11.3. The second-order valence-electron chi connectivity index (χ2n) is 5.16. The topological polar surface area (TPSA) is 21.3 Å². The zero-order valence-electron chi connectivity index (χ0n) is 11.7. The minimum absolute atomic E-state index is 0.300. The Labute approximate surface area is 111 Å². The van der Waals surface area contributed by atoms with E-state index in [1.54, 1.807) is 0 Å². The molecular formula is C16H25NO. The zero-order valence-corrected chi connectivity index (χ0v) is 11.7. The van der Waals surface area contributed by atoms with E-state index in [-0.39, 0.29) is 0 Å². The van der Waals surface area contributed by atoms with Gasteiger partial charge in [0.05, 0.1) is 6.10 Å². The van der Waals surface area contributed by atoms with Crippen molar-refractivity contribution in [3.8, 4) is 0 Å². The van der Waals surface area contributed by atoms with Gasteiger partial charge in [-0.1, -0.05) is 37.3 Å². The van der Waals surface area contributed by atoms with E-state index in [0.29, 0.717) is 12.1 Å². The molecule has 0 aromatic heterocycles. The van der Waals surface area contributed by atoms with Crippen LogP contribution in [0.4, 0.5) is 0 Å². The maximum Gasteiger partial charge on any atom is 0.0702 e. The van der Waals surface area contributed by atoms with E-state index in [4.69, 9.17) is 4.74 Å². The molecule has 100 valence electrons. The number of ether oxygens (including phenoxy) is 1. The van der Waals surface area contributed by atoms with Gasteiger partial charge in [-0.25, -0.2) is 0 Å². The molecule has 0 aliphatic heterocycles. The first kappa shape index (κ1) is 13.6. The molecule has 18 heavy (non-hydrogen) atoms. The van der Waals surface area contributed by atoms with E-state index in [2.05, 4.69) is 56.4 Å². The number of nitrogens with one attached hydrogen (secondary N) is 1. The molecule has 2 rings (SSSR count). The van der Waals surface area contributed by atoms with Crippen LogP contribution >= 0.6 is 0 Å². The van der Waals surface area contributed by atoms with Crippen LogP contribution in [-0.4, -0.2) is 25.3 Å². The molecule has 1 saturated carbocycles. The van der Waals surface area contributed by atoms with Gasteiger partial charge in [0.2, 0.25) is 0 Å². The van der Waals surface area contributed by atoms with Crippen molar-refractivity contribution < 1.29 is 4.74 Å². The molecule has 0 heterocycles. The lowest BCUT2D eigenvalue weighted by molar-refractivity contribution is 0.0414. The number of hydrogen-bond acceptors (Lipinski definition) is 2. The molecule has 4 unspecified atom stereocenters. The van der Waals surface area contributed by atoms with Crippen molar-refractivity contribution in [2.24, 2.45) is 5.92 Å². The van der Waals surface area contributed by atoms with Crippen molar-refractivity contribution in [3.05, 3.63) is 35.9 Å². The lowest BCUT2D eigenvalue weighted by Crippen LogP contribution is -2.41. The summed E-state index contributed by atoms with van der Waals surface area (Å²) >= 11 is 0. The van der Waals surface area contributed by atoms with Crippen molar-refractivity contribution in [1.29, 1.82) is 0 Å². The number of benzene rings is 1. The first-order valence-electron chi connectivity index (χ1n) is 7.17. The lowest BCUT2D eigenvalue weighted by Gasteiger charge is -2.25. The predicted octanol–water partition coefficient (Wildman–Crippen LogP) is 3.19. The highest BCUT2D eigenvalue weighted by molar-refractivity contribution is 5.27. The van der Waals surface area contributed by atoms with E-state index in [1.807, 2.05) is 0 Å². The fraction of sp³-hybridized carbons (Fsp3) is 0.625. The lowest BCUT2D eigenvalue weighted by atomic mass is 10.0. The minimum atomic E-state index is 0.300. The molecule has 2 heteroatoms. The summed E-state index contributed by atoms with van der Waals surface area (Å²) in [4.78, 5) is 0. The quantitative estimate of drug-likeness (QED) is 0.799. The Morgan fingerprint density at radius 2 is 2.00 bits per heavy atom. The fourth-order valence-electron chi connectivity index (χ4n) is 2.96. The third-order valence-corrected chi connectivity index (χ3v) is 3.90. The minimum Gasteiger partial charge on any atom is -0.377 e. The Balaban J connectivity index is 1.98. The number of hydrogen-bond donors (Lipinski definition) is 1. The highest BCUT2D eigenvalue weighted by Crippen LogP contribution is 2.50. The summed E-state index contributed by atoms with van der Waals surface area (Å²) in [5.41, 5.74) is 1.48. The van der Waals surface area contributed by atoms with Crippen LogP contribution < -0.4 is 5.32 Å². The van der Waals surface area contributed by atoms with Gasteiger partial charge >= 0.3 is 0 Å². The normalized spacial score (nSPS) is 25.7. The van der Waals surface area contributed by atoms with Crippen LogP contribution in [0.3, 0.4) is 0 Å². The summed E-state index contributed by atoms with van der Waals surface area (Å²) in [6.45, 7) is 8.25. The standard InChI is InChI=1S/C16H25NO/c1-4-17-16(12(3)18-5-2)15-11-14(15)13-9-7-6-8-10-13/h6-10,12,14-17H,4-5,11H2,1-3H3. The van der Waals surface area contributed by atoms with Gasteiger partial charge < -0.3 is 10.1 Å². The van der Waals surface area contributed by atoms with E-state index < -0.39 is 0 Å². The summed E-state index contributed by atoms with van der Waals surface area (Å²) in [6.07, 6.45) is 1.59. The largest absolute Gasteiger partial charge is 0.377 e. The molecule has 0 radical (unpaired) electrons. The molecule has 2 nitrogen and oxygen atoms in total. The molecule has 1 fully saturated rings. The average Bonchev–Trinajstić information content (AvgIpc) is 3.17. The first-order chi connectivity index (χ1) is 8.77. The molecule has 0 saturated heterocycles. The molecule has 1 aliphatic carbocycles. The highest BCUT2D eigenvalue weighted by Gasteiger charge is 2.45. The van der Waals surface area contributed by atoms with E-state index >= 15 is 0 Å². The Bertz CT molecular complexity index is 351. The second kappa shape index (κ2) is 6.35. The van der Waals surface area contributed by atoms with Crippen molar-refractivity contribution in [2.45, 2.75) is 45.3 Å². The number of rotatable bonds is 7. The van der Waals surface area contributed by atoms with Gasteiger partial charge in [0, 0.05) is 12.6 Å². The van der Waals surface area contributed by atoms with Gasteiger partial charge in [-0.05, 0) is 44.2 Å². The van der Waals surface area contributed by atoms with Crippen LogP contribution in [0.15, 0.2) is 30.3 Å². The zero-order chi connectivity index (χ0) is 13.0. The maximum absolute atomic E-state index is 5.78. The number of likely N-dealkylation sites (N-methyl/N-ethyl adjacent to an activating group) is 1. The van der Waals surface area contributed by atoms with Gasteiger partial charge in [-0.15, -0.1) is 0 Å². The molecule has 1 N–H and O–H groups in total. The van der Waals surface area contributed by atoms with Crippen LogP contribution in [-0.2, 0) is 4.74 Å². The molecule has 1 aromatic rings. The van der Waals surface area contributed by atoms with Crippen molar-refractivity contribution >= 4 is 0 Å². The van der Waals surface area contributed by atoms with Gasteiger partial charge in [0.15, 0.2) is 0 Å². The van der Waals surface area contributed by atoms with Crippen molar-refractivity contribution in [2.75, 3.05) is 13.2 Å². The van der Waals surface area contributed by atoms with Crippen LogP contribution in [0.1, 0.15) is 38.7 Å². The second-order valence-corrected chi connectivity index (χ2v) is 5.16. The molecule has 0 spiro atoms. The molecular weight excluding hydrogens is 222 g/mol. The Kier molecular flexibility index (Phi) is 4.79. The van der Waals surface area contributed by atoms with Gasteiger partial charge in [-0.2, -0.15) is 0 Å². The van der Waals surface area contributed by atoms with Gasteiger partial charge in [0.1, 0.15) is 0 Å². The Morgan fingerprint density at radius 1 is 1.28 bits per heavy atom. The van der Waals surface area contributed by atoms with E-state index in [0.717, 1.165) is 25.0 Å². The van der Waals surface area contributed by atoms with Crippen LogP contribution in [0.5, 0.6) is 0 Å². The molecule has 1 aromatic carbocycles. The summed E-state index contributed by atoms with van der Waals surface area (Å²) < 4.78 is 5.78. The molecule has 1 aliphatic rings. The van der Waals surface area contributed by atoms with Gasteiger partial charge in [-0.3, -0.25) is 0 Å². The Hall–Kier alpha value is -0.860. The van der Waals surface area contributed by atoms with E-state index in [1.165, 1.54) is 12.0 Å². The van der Waals surface area contributed by atoms with Crippen LogP contribution in [0, 0.1) is 5.92 Å². The van der Waals surface area contributed by atoms with E-state index in [9.17, 15) is 0 Å². The van der Waals surface area contributed by atoms with Crippen molar-refractivity contribution in [3.63, 3.8) is 0 Å². The van der Waals surface area contributed by atoms with Crippen LogP contribution in [0.25, 0.3) is 0 Å². The summed E-state index contributed by atoms with van der Waals surface area (Å²) in [5.74, 6) is 1.45. The van der Waals surface area contributed by atoms with Crippen molar-refractivity contribution in [1.82, 2.24) is 5.32 Å². The molecule has 0 bridgehead atoms. The van der Waals surface area contributed by atoms with Gasteiger partial charge in [0.25, 0.3) is 0 Å². The third-order valence-electron chi connectivity index (χ3n) is 3.90. The molecule has 4 atom stereocenters. The average molecular weight is 247 g/mol. The molecule has 0 amide bonds. The first-order valence-corrected chi connectivity index (χ1v) is 7.17. The SMILES string of the molecule is CCNC(C(C)OCC)C1CC1c1ccccc1. The third kappa shape index (κ3) is 3.12.